The third-order valence-electron chi connectivity index (χ3n) is 3.46. The Labute approximate surface area is 124 Å². The average Bonchev–Trinajstić information content (AvgIpc) is 2.96. The van der Waals surface area contributed by atoms with E-state index in [2.05, 4.69) is 13.8 Å². The lowest BCUT2D eigenvalue weighted by Gasteiger charge is -2.10. The van der Waals surface area contributed by atoms with Crippen LogP contribution in [0.3, 0.4) is 0 Å². The van der Waals surface area contributed by atoms with Crippen LogP contribution in [-0.4, -0.2) is 14.2 Å². The monoisotopic (exact) mass is 294 g/mol. The summed E-state index contributed by atoms with van der Waals surface area (Å²) in [6, 6.07) is 7.68. The molecule has 1 aromatic carbocycles. The van der Waals surface area contributed by atoms with Crippen molar-refractivity contribution in [2.45, 2.75) is 26.2 Å². The van der Waals surface area contributed by atoms with Crippen LogP contribution in [0, 0.1) is 0 Å². The first-order chi connectivity index (χ1) is 9.60. The minimum Gasteiger partial charge on any atom is -0.495 e. The normalized spacial score (nSPS) is 12.2. The summed E-state index contributed by atoms with van der Waals surface area (Å²) in [6.45, 7) is 4.28. The highest BCUT2D eigenvalue weighted by atomic mass is 35.5. The molecule has 0 saturated heterocycles. The molecule has 0 amide bonds. The Balaban J connectivity index is 2.44. The maximum absolute atomic E-state index is 6.17. The predicted molar refractivity (Wildman–Crippen MR) is 81.0 cm³/mol. The molecule has 0 aliphatic heterocycles. The van der Waals surface area contributed by atoms with Gasteiger partial charge in [-0.15, -0.1) is 0 Å². The lowest BCUT2D eigenvalue weighted by atomic mass is 10.1. The van der Waals surface area contributed by atoms with Crippen LogP contribution < -0.4 is 9.47 Å². The second kappa shape index (κ2) is 6.23. The molecule has 0 bridgehead atoms. The van der Waals surface area contributed by atoms with Gasteiger partial charge in [0.25, 0.3) is 0 Å². The fraction of sp³-hybridized carbons (Fsp3) is 0.375. The van der Waals surface area contributed by atoms with Crippen molar-refractivity contribution in [2.24, 2.45) is 0 Å². The molecule has 0 spiro atoms. The largest absolute Gasteiger partial charge is 0.495 e. The fourth-order valence-corrected chi connectivity index (χ4v) is 2.25. The van der Waals surface area contributed by atoms with E-state index in [1.54, 1.807) is 14.2 Å². The number of methoxy groups -OCH3 is 2. The molecule has 20 heavy (non-hydrogen) atoms. The minimum atomic E-state index is 0.403. The highest BCUT2D eigenvalue weighted by Crippen LogP contribution is 2.39. The molecule has 0 fully saturated rings. The Bertz CT molecular complexity index is 564. The van der Waals surface area contributed by atoms with Crippen molar-refractivity contribution in [3.05, 3.63) is 35.0 Å². The quantitative estimate of drug-likeness (QED) is 0.766. The van der Waals surface area contributed by atoms with Crippen molar-refractivity contribution in [2.75, 3.05) is 14.2 Å². The van der Waals surface area contributed by atoms with E-state index >= 15 is 0 Å². The van der Waals surface area contributed by atoms with Crippen LogP contribution in [-0.2, 0) is 0 Å². The number of rotatable bonds is 5. The summed E-state index contributed by atoms with van der Waals surface area (Å²) in [6.07, 6.45) is 1.04. The first-order valence-electron chi connectivity index (χ1n) is 6.62. The van der Waals surface area contributed by atoms with Crippen molar-refractivity contribution < 1.29 is 13.9 Å². The van der Waals surface area contributed by atoms with Gasteiger partial charge in [-0.1, -0.05) is 25.4 Å². The van der Waals surface area contributed by atoms with E-state index in [1.807, 2.05) is 24.3 Å². The van der Waals surface area contributed by atoms with Crippen molar-refractivity contribution in [3.63, 3.8) is 0 Å². The molecule has 1 heterocycles. The zero-order chi connectivity index (χ0) is 14.7. The zero-order valence-corrected chi connectivity index (χ0v) is 13.0. The topological polar surface area (TPSA) is 31.6 Å². The number of ether oxygens (including phenoxy) is 2. The smallest absolute Gasteiger partial charge is 0.141 e. The second-order valence-corrected chi connectivity index (χ2v) is 5.08. The molecule has 1 aromatic heterocycles. The average molecular weight is 295 g/mol. The van der Waals surface area contributed by atoms with Crippen LogP contribution in [0.4, 0.5) is 0 Å². The van der Waals surface area contributed by atoms with E-state index in [0.29, 0.717) is 22.4 Å². The highest BCUT2D eigenvalue weighted by molar-refractivity contribution is 6.33. The highest BCUT2D eigenvalue weighted by Gasteiger charge is 2.15. The fourth-order valence-electron chi connectivity index (χ4n) is 1.99. The molecule has 0 aliphatic rings. The third-order valence-corrected chi connectivity index (χ3v) is 3.83. The van der Waals surface area contributed by atoms with Gasteiger partial charge in [-0.25, -0.2) is 0 Å². The van der Waals surface area contributed by atoms with Gasteiger partial charge >= 0.3 is 0 Å². The predicted octanol–water partition coefficient (Wildman–Crippen LogP) is 5.13. The molecule has 108 valence electrons. The van der Waals surface area contributed by atoms with Crippen LogP contribution in [0.25, 0.3) is 11.3 Å². The second-order valence-electron chi connectivity index (χ2n) is 4.71. The van der Waals surface area contributed by atoms with Crippen molar-refractivity contribution in [1.29, 1.82) is 0 Å². The van der Waals surface area contributed by atoms with Crippen molar-refractivity contribution in [1.82, 2.24) is 0 Å². The standard InChI is InChI=1S/C16H19ClO3/c1-5-10(2)12-6-7-13(20-12)11-8-14(18-3)16(17)15(9-11)19-4/h6-10H,5H2,1-4H3. The number of benzene rings is 1. The molecule has 1 atom stereocenters. The van der Waals surface area contributed by atoms with E-state index in [9.17, 15) is 0 Å². The van der Waals surface area contributed by atoms with Crippen LogP contribution in [0.5, 0.6) is 11.5 Å². The summed E-state index contributed by atoms with van der Waals surface area (Å²) in [5, 5.41) is 0.465. The summed E-state index contributed by atoms with van der Waals surface area (Å²) >= 11 is 6.17. The maximum atomic E-state index is 6.17. The summed E-state index contributed by atoms with van der Waals surface area (Å²) in [5.74, 6) is 3.31. The first kappa shape index (κ1) is 14.8. The Hall–Kier alpha value is -1.61. The van der Waals surface area contributed by atoms with E-state index in [1.165, 1.54) is 0 Å². The number of furan rings is 1. The molecule has 0 aliphatic carbocycles. The van der Waals surface area contributed by atoms with Gasteiger partial charge in [0.15, 0.2) is 0 Å². The molecule has 4 heteroatoms. The summed E-state index contributed by atoms with van der Waals surface area (Å²) in [4.78, 5) is 0. The van der Waals surface area contributed by atoms with Crippen LogP contribution in [0.2, 0.25) is 5.02 Å². The van der Waals surface area contributed by atoms with E-state index in [0.717, 1.165) is 23.5 Å². The Morgan fingerprint density at radius 2 is 1.75 bits per heavy atom. The molecule has 2 aromatic rings. The van der Waals surface area contributed by atoms with Gasteiger partial charge in [0.1, 0.15) is 28.0 Å². The van der Waals surface area contributed by atoms with Crippen LogP contribution >= 0.6 is 11.6 Å². The Kier molecular flexibility index (Phi) is 4.61. The summed E-state index contributed by atoms with van der Waals surface area (Å²) < 4.78 is 16.4. The van der Waals surface area contributed by atoms with Crippen molar-refractivity contribution in [3.8, 4) is 22.8 Å². The minimum absolute atomic E-state index is 0.403. The third kappa shape index (κ3) is 2.78. The molecule has 2 rings (SSSR count). The van der Waals surface area contributed by atoms with E-state index in [4.69, 9.17) is 25.5 Å². The maximum Gasteiger partial charge on any atom is 0.141 e. The summed E-state index contributed by atoms with van der Waals surface area (Å²) in [5.41, 5.74) is 0.887. The Morgan fingerprint density at radius 1 is 1.15 bits per heavy atom. The molecule has 0 radical (unpaired) electrons. The van der Waals surface area contributed by atoms with Gasteiger partial charge < -0.3 is 13.9 Å². The van der Waals surface area contributed by atoms with Crippen LogP contribution in [0.1, 0.15) is 31.9 Å². The van der Waals surface area contributed by atoms with Crippen LogP contribution in [0.15, 0.2) is 28.7 Å². The number of hydrogen-bond acceptors (Lipinski definition) is 3. The van der Waals surface area contributed by atoms with E-state index < -0.39 is 0 Å². The molecule has 0 saturated carbocycles. The van der Waals surface area contributed by atoms with Gasteiger partial charge in [-0.3, -0.25) is 0 Å². The van der Waals surface area contributed by atoms with Gasteiger partial charge in [-0.05, 0) is 30.7 Å². The lowest BCUT2D eigenvalue weighted by molar-refractivity contribution is 0.394. The SMILES string of the molecule is CCC(C)c1ccc(-c2cc(OC)c(Cl)c(OC)c2)o1. The number of halogens is 1. The molecular weight excluding hydrogens is 276 g/mol. The molecule has 3 nitrogen and oxygen atoms in total. The van der Waals surface area contributed by atoms with Gasteiger partial charge in [0.05, 0.1) is 14.2 Å². The van der Waals surface area contributed by atoms with Gasteiger partial charge in [0, 0.05) is 11.5 Å². The van der Waals surface area contributed by atoms with Crippen molar-refractivity contribution >= 4 is 11.6 Å². The summed E-state index contributed by atoms with van der Waals surface area (Å²) in [7, 11) is 3.16. The number of hydrogen-bond donors (Lipinski definition) is 0. The Morgan fingerprint density at radius 3 is 2.25 bits per heavy atom. The molecule has 0 N–H and O–H groups in total. The zero-order valence-electron chi connectivity index (χ0n) is 12.2. The molecule has 1 unspecified atom stereocenters. The molecular formula is C16H19ClO3. The van der Waals surface area contributed by atoms with Gasteiger partial charge in [0.2, 0.25) is 0 Å². The van der Waals surface area contributed by atoms with Gasteiger partial charge in [-0.2, -0.15) is 0 Å². The lowest BCUT2D eigenvalue weighted by Crippen LogP contribution is -1.91. The van der Waals surface area contributed by atoms with E-state index in [-0.39, 0.29) is 0 Å². The first-order valence-corrected chi connectivity index (χ1v) is 7.00.